The highest BCUT2D eigenvalue weighted by Gasteiger charge is 2.27. The van der Waals surface area contributed by atoms with Crippen LogP contribution in [-0.2, 0) is 32.2 Å². The highest BCUT2D eigenvalue weighted by atomic mass is 16.6. The van der Waals surface area contributed by atoms with Crippen LogP contribution in [-0.4, -0.2) is 65.9 Å². The van der Waals surface area contributed by atoms with Gasteiger partial charge in [-0.2, -0.15) is 0 Å². The van der Waals surface area contributed by atoms with Crippen LogP contribution in [0, 0.1) is 0 Å². The van der Waals surface area contributed by atoms with Gasteiger partial charge in [-0.3, -0.25) is 4.79 Å². The molecule has 2 atom stereocenters. The summed E-state index contributed by atoms with van der Waals surface area (Å²) in [7, 11) is 1.21. The van der Waals surface area contributed by atoms with Crippen molar-refractivity contribution in [3.05, 3.63) is 107 Å². The van der Waals surface area contributed by atoms with Crippen molar-refractivity contribution in [1.82, 2.24) is 31.2 Å². The van der Waals surface area contributed by atoms with Crippen LogP contribution in [0.4, 0.5) is 14.4 Å². The van der Waals surface area contributed by atoms with E-state index in [0.717, 1.165) is 23.7 Å². The van der Waals surface area contributed by atoms with Gasteiger partial charge in [-0.1, -0.05) is 60.7 Å². The highest BCUT2D eigenvalue weighted by molar-refractivity contribution is 5.92. The Kier molecular flexibility index (Phi) is 16.9. The summed E-state index contributed by atoms with van der Waals surface area (Å²) in [5.74, 6) is -1.22. The lowest BCUT2D eigenvalue weighted by Crippen LogP contribution is -2.35. The molecular formula is C40H50N6O11. The quantitative estimate of drug-likeness (QED) is 0.0417. The molecule has 2 aromatic carbocycles. The number of unbranched alkanes of at least 4 members (excludes halogenated alkanes) is 2. The van der Waals surface area contributed by atoms with Crippen molar-refractivity contribution in [1.29, 1.82) is 0 Å². The molecule has 4 N–H and O–H groups in total. The Hall–Kier alpha value is -6.39. The van der Waals surface area contributed by atoms with E-state index in [-0.39, 0.29) is 36.4 Å². The molecule has 0 fully saturated rings. The highest BCUT2D eigenvalue weighted by Crippen LogP contribution is 2.23. The van der Waals surface area contributed by atoms with Crippen molar-refractivity contribution >= 4 is 30.2 Å². The Morgan fingerprint density at radius 3 is 1.61 bits per heavy atom. The minimum absolute atomic E-state index is 0.0599. The van der Waals surface area contributed by atoms with Crippen LogP contribution in [0.2, 0.25) is 0 Å². The molecule has 17 heteroatoms. The first-order valence-electron chi connectivity index (χ1n) is 18.6. The third-order valence-corrected chi connectivity index (χ3v) is 8.07. The lowest BCUT2D eigenvalue weighted by molar-refractivity contribution is 0.0490. The minimum atomic E-state index is -0.802. The summed E-state index contributed by atoms with van der Waals surface area (Å²) in [4.78, 5) is 71.2. The number of aromatic nitrogens is 2. The van der Waals surface area contributed by atoms with Gasteiger partial charge in [0.05, 0.1) is 7.11 Å². The topological polar surface area (TPSA) is 222 Å². The molecule has 0 spiro atoms. The zero-order valence-corrected chi connectivity index (χ0v) is 32.5. The Labute approximate surface area is 330 Å². The molecular weight excluding hydrogens is 740 g/mol. The number of nitrogens with zero attached hydrogens (tertiary/aromatic N) is 2. The SMILES string of the molecule is COC(=O)c1coc([C@H](CCCCNC(=O)OCc2ccccc2)NC(=O)c2coc([C@H](CCCCNC(=O)OCc3ccccc3)NC(=O)OC(C)(C)C)n2)n1. The zero-order valence-electron chi connectivity index (χ0n) is 32.5. The molecule has 0 aliphatic heterocycles. The van der Waals surface area contributed by atoms with Gasteiger partial charge in [0.1, 0.15) is 43.4 Å². The van der Waals surface area contributed by atoms with E-state index in [0.29, 0.717) is 51.6 Å². The molecule has 0 saturated carbocycles. The van der Waals surface area contributed by atoms with Gasteiger partial charge in [0.2, 0.25) is 11.8 Å². The largest absolute Gasteiger partial charge is 0.464 e. The Morgan fingerprint density at radius 1 is 0.649 bits per heavy atom. The van der Waals surface area contributed by atoms with E-state index in [1.807, 2.05) is 60.7 Å². The molecule has 4 amide bonds. The molecule has 0 aliphatic carbocycles. The fourth-order valence-electron chi connectivity index (χ4n) is 5.27. The van der Waals surface area contributed by atoms with E-state index < -0.39 is 47.8 Å². The third-order valence-electron chi connectivity index (χ3n) is 8.07. The van der Waals surface area contributed by atoms with Crippen LogP contribution in [0.5, 0.6) is 0 Å². The van der Waals surface area contributed by atoms with Gasteiger partial charge in [0, 0.05) is 13.1 Å². The first-order chi connectivity index (χ1) is 27.4. The second-order valence-electron chi connectivity index (χ2n) is 13.8. The number of alkyl carbamates (subject to hydrolysis) is 3. The maximum Gasteiger partial charge on any atom is 0.408 e. The number of nitrogens with one attached hydrogen (secondary N) is 4. The molecule has 0 unspecified atom stereocenters. The summed E-state index contributed by atoms with van der Waals surface area (Å²) >= 11 is 0. The Balaban J connectivity index is 1.33. The summed E-state index contributed by atoms with van der Waals surface area (Å²) in [5, 5.41) is 11.0. The van der Waals surface area contributed by atoms with Crippen LogP contribution < -0.4 is 21.3 Å². The number of carbonyl (C=O) groups excluding carboxylic acids is 5. The van der Waals surface area contributed by atoms with Crippen molar-refractivity contribution in [2.24, 2.45) is 0 Å². The monoisotopic (exact) mass is 790 g/mol. The number of hydrogen-bond donors (Lipinski definition) is 4. The van der Waals surface area contributed by atoms with Crippen molar-refractivity contribution in [2.45, 2.75) is 90.2 Å². The first-order valence-corrected chi connectivity index (χ1v) is 18.6. The molecule has 4 aromatic rings. The van der Waals surface area contributed by atoms with Gasteiger partial charge in [0.15, 0.2) is 11.4 Å². The number of amides is 4. The van der Waals surface area contributed by atoms with E-state index in [1.165, 1.54) is 7.11 Å². The van der Waals surface area contributed by atoms with Crippen molar-refractivity contribution in [2.75, 3.05) is 20.2 Å². The fourth-order valence-corrected chi connectivity index (χ4v) is 5.27. The summed E-state index contributed by atoms with van der Waals surface area (Å²) in [6.07, 6.45) is 3.23. The molecule has 0 saturated heterocycles. The molecule has 4 rings (SSSR count). The van der Waals surface area contributed by atoms with Gasteiger partial charge in [0.25, 0.3) is 5.91 Å². The molecule has 0 bridgehead atoms. The first kappa shape index (κ1) is 43.3. The number of hydrogen-bond acceptors (Lipinski definition) is 13. The number of ether oxygens (including phenoxy) is 4. The number of carbonyl (C=O) groups is 5. The fraction of sp³-hybridized carbons (Fsp3) is 0.425. The molecule has 57 heavy (non-hydrogen) atoms. The average Bonchev–Trinajstić information content (AvgIpc) is 3.90. The second kappa shape index (κ2) is 22.2. The van der Waals surface area contributed by atoms with Crippen LogP contribution in [0.25, 0.3) is 0 Å². The predicted octanol–water partition coefficient (Wildman–Crippen LogP) is 6.68. The van der Waals surface area contributed by atoms with Crippen molar-refractivity contribution in [3.8, 4) is 0 Å². The molecule has 306 valence electrons. The second-order valence-corrected chi connectivity index (χ2v) is 13.8. The van der Waals surface area contributed by atoms with Gasteiger partial charge >= 0.3 is 24.2 Å². The summed E-state index contributed by atoms with van der Waals surface area (Å²) in [6, 6.07) is 17.0. The summed E-state index contributed by atoms with van der Waals surface area (Å²) < 4.78 is 31.9. The maximum absolute atomic E-state index is 13.5. The number of rotatable bonds is 20. The van der Waals surface area contributed by atoms with Gasteiger partial charge in [-0.25, -0.2) is 29.1 Å². The van der Waals surface area contributed by atoms with Crippen LogP contribution in [0.3, 0.4) is 0 Å². The minimum Gasteiger partial charge on any atom is -0.464 e. The van der Waals surface area contributed by atoms with Gasteiger partial charge in [-0.05, 0) is 70.4 Å². The average molecular weight is 791 g/mol. The van der Waals surface area contributed by atoms with E-state index in [1.54, 1.807) is 20.8 Å². The number of benzene rings is 2. The molecule has 0 aliphatic rings. The van der Waals surface area contributed by atoms with E-state index in [4.69, 9.17) is 27.8 Å². The maximum atomic E-state index is 13.5. The van der Waals surface area contributed by atoms with Gasteiger partial charge in [-0.15, -0.1) is 0 Å². The van der Waals surface area contributed by atoms with Crippen LogP contribution in [0.15, 0.2) is 82.0 Å². The Morgan fingerprint density at radius 2 is 1.12 bits per heavy atom. The zero-order chi connectivity index (χ0) is 41.0. The van der Waals surface area contributed by atoms with E-state index in [9.17, 15) is 24.0 Å². The van der Waals surface area contributed by atoms with E-state index in [2.05, 4.69) is 31.2 Å². The number of esters is 1. The molecule has 17 nitrogen and oxygen atoms in total. The van der Waals surface area contributed by atoms with Gasteiger partial charge < -0.3 is 49.0 Å². The standard InChI is InChI=1S/C40H50N6O11/c1-40(2,3)57-39(51)46-30(20-12-14-22-42-38(50)56-24-28-17-9-6-10-18-28)35-44-31(25-53-35)33(47)43-29(34-45-32(26-54-34)36(48)52-4)19-11-13-21-41-37(49)55-23-27-15-7-5-8-16-27/h5-10,15-18,25-26,29-30H,11-14,19-24H2,1-4H3,(H,41,49)(H,42,50)(H,43,47)(H,46,51)/t29-,30-/m0/s1. The van der Waals surface area contributed by atoms with E-state index >= 15 is 0 Å². The van der Waals surface area contributed by atoms with Crippen LogP contribution in [0.1, 0.15) is 115 Å². The van der Waals surface area contributed by atoms with Crippen molar-refractivity contribution in [3.63, 3.8) is 0 Å². The molecule has 2 aromatic heterocycles. The smallest absolute Gasteiger partial charge is 0.408 e. The van der Waals surface area contributed by atoms with Crippen molar-refractivity contribution < 1.29 is 51.8 Å². The molecule has 2 heterocycles. The Bertz CT molecular complexity index is 1870. The predicted molar refractivity (Wildman–Crippen MR) is 204 cm³/mol. The number of oxazole rings is 2. The lowest BCUT2D eigenvalue weighted by atomic mass is 10.1. The summed E-state index contributed by atoms with van der Waals surface area (Å²) in [6.45, 7) is 6.10. The third kappa shape index (κ3) is 15.7. The number of methoxy groups -OCH3 is 1. The lowest BCUT2D eigenvalue weighted by Gasteiger charge is -2.22. The normalized spacial score (nSPS) is 12.1. The van der Waals surface area contributed by atoms with Crippen LogP contribution >= 0.6 is 0 Å². The summed E-state index contributed by atoms with van der Waals surface area (Å²) in [5.41, 5.74) is 0.794. The molecule has 0 radical (unpaired) electrons.